The van der Waals surface area contributed by atoms with Gasteiger partial charge >= 0.3 is 0 Å². The summed E-state index contributed by atoms with van der Waals surface area (Å²) in [7, 11) is 0. The van der Waals surface area contributed by atoms with E-state index >= 15 is 0 Å². The summed E-state index contributed by atoms with van der Waals surface area (Å²) in [4.78, 5) is 17.2. The molecule has 0 bridgehead atoms. The molecule has 7 heteroatoms. The highest BCUT2D eigenvalue weighted by Crippen LogP contribution is 2.31. The van der Waals surface area contributed by atoms with Gasteiger partial charge in [0.1, 0.15) is 0 Å². The van der Waals surface area contributed by atoms with Crippen LogP contribution in [-0.2, 0) is 9.53 Å². The SMILES string of the molecule is C[C@H](C[C@@H]1CC[C@H]([C@@H](C)C(=O)N2CCCC2)O1)n1cc(C#CCN2CCC(c3ccccc3)CC2)nn1. The summed E-state index contributed by atoms with van der Waals surface area (Å²) in [6, 6.07) is 11.0. The molecular formula is C30H41N5O2. The molecule has 3 saturated heterocycles. The number of carbonyl (C=O) groups is 1. The summed E-state index contributed by atoms with van der Waals surface area (Å²) in [5.74, 6) is 7.38. The first-order chi connectivity index (χ1) is 18.1. The largest absolute Gasteiger partial charge is 0.374 e. The number of rotatable bonds is 7. The molecule has 0 saturated carbocycles. The van der Waals surface area contributed by atoms with Crippen LogP contribution in [0.5, 0.6) is 0 Å². The lowest BCUT2D eigenvalue weighted by Gasteiger charge is -2.30. The zero-order valence-corrected chi connectivity index (χ0v) is 22.4. The number of nitrogens with zero attached hydrogens (tertiary/aromatic N) is 5. The van der Waals surface area contributed by atoms with Crippen LogP contribution in [0.15, 0.2) is 36.5 Å². The van der Waals surface area contributed by atoms with Crippen LogP contribution in [0.4, 0.5) is 0 Å². The lowest BCUT2D eigenvalue weighted by molar-refractivity contribution is -0.138. The van der Waals surface area contributed by atoms with Crippen LogP contribution >= 0.6 is 0 Å². The summed E-state index contributed by atoms with van der Waals surface area (Å²) < 4.78 is 8.24. The van der Waals surface area contributed by atoms with Crippen molar-refractivity contribution in [1.82, 2.24) is 24.8 Å². The first-order valence-electron chi connectivity index (χ1n) is 14.2. The predicted molar refractivity (Wildman–Crippen MR) is 144 cm³/mol. The summed E-state index contributed by atoms with van der Waals surface area (Å²) in [5, 5.41) is 8.62. The van der Waals surface area contributed by atoms with Gasteiger partial charge in [0.15, 0.2) is 5.69 Å². The van der Waals surface area contributed by atoms with Gasteiger partial charge in [-0.15, -0.1) is 5.10 Å². The monoisotopic (exact) mass is 503 g/mol. The molecule has 3 aliphatic heterocycles. The zero-order valence-electron chi connectivity index (χ0n) is 22.4. The molecule has 37 heavy (non-hydrogen) atoms. The number of ether oxygens (including phenoxy) is 1. The van der Waals surface area contributed by atoms with Crippen LogP contribution < -0.4 is 0 Å². The summed E-state index contributed by atoms with van der Waals surface area (Å²) >= 11 is 0. The van der Waals surface area contributed by atoms with Crippen LogP contribution in [0, 0.1) is 17.8 Å². The Morgan fingerprint density at radius 1 is 1.05 bits per heavy atom. The van der Waals surface area contributed by atoms with Gasteiger partial charge in [-0.2, -0.15) is 0 Å². The number of benzene rings is 1. The van der Waals surface area contributed by atoms with Gasteiger partial charge in [-0.3, -0.25) is 9.69 Å². The molecule has 198 valence electrons. The van der Waals surface area contributed by atoms with Gasteiger partial charge in [0.05, 0.1) is 36.9 Å². The molecule has 4 heterocycles. The van der Waals surface area contributed by atoms with E-state index < -0.39 is 0 Å². The lowest BCUT2D eigenvalue weighted by atomic mass is 9.89. The number of carbonyl (C=O) groups excluding carboxylic acids is 1. The Kier molecular flexibility index (Phi) is 8.58. The van der Waals surface area contributed by atoms with Gasteiger partial charge < -0.3 is 9.64 Å². The van der Waals surface area contributed by atoms with Crippen molar-refractivity contribution in [2.45, 2.75) is 83.0 Å². The van der Waals surface area contributed by atoms with Gasteiger partial charge in [0, 0.05) is 13.1 Å². The fourth-order valence-electron chi connectivity index (χ4n) is 6.09. The highest BCUT2D eigenvalue weighted by atomic mass is 16.5. The third-order valence-corrected chi connectivity index (χ3v) is 8.45. The molecule has 5 rings (SSSR count). The maximum atomic E-state index is 12.8. The highest BCUT2D eigenvalue weighted by Gasteiger charge is 2.36. The number of likely N-dealkylation sites (tertiary alicyclic amines) is 2. The Labute approximate surface area is 221 Å². The van der Waals surface area contributed by atoms with Crippen molar-refractivity contribution >= 4 is 5.91 Å². The summed E-state index contributed by atoms with van der Waals surface area (Å²) in [6.45, 7) is 8.94. The van der Waals surface area contributed by atoms with Crippen LogP contribution in [0.25, 0.3) is 0 Å². The van der Waals surface area contributed by atoms with E-state index in [2.05, 4.69) is 64.3 Å². The summed E-state index contributed by atoms with van der Waals surface area (Å²) in [6.07, 6.45) is 9.59. The third kappa shape index (κ3) is 6.61. The average molecular weight is 504 g/mol. The molecule has 0 aliphatic carbocycles. The smallest absolute Gasteiger partial charge is 0.228 e. The van der Waals surface area contributed by atoms with Crippen molar-refractivity contribution in [3.63, 3.8) is 0 Å². The van der Waals surface area contributed by atoms with E-state index in [1.165, 1.54) is 18.4 Å². The normalized spacial score (nSPS) is 24.5. The van der Waals surface area contributed by atoms with Crippen LogP contribution in [0.3, 0.4) is 0 Å². The fourth-order valence-corrected chi connectivity index (χ4v) is 6.09. The Hall–Kier alpha value is -2.69. The second kappa shape index (κ2) is 12.2. The predicted octanol–water partition coefficient (Wildman–Crippen LogP) is 4.27. The maximum Gasteiger partial charge on any atom is 0.228 e. The van der Waals surface area contributed by atoms with Crippen LogP contribution in [0.2, 0.25) is 0 Å². The Balaban J connectivity index is 1.05. The van der Waals surface area contributed by atoms with E-state index in [1.807, 2.05) is 22.7 Å². The number of hydrogen-bond donors (Lipinski definition) is 0. The van der Waals surface area contributed by atoms with Crippen molar-refractivity contribution < 1.29 is 9.53 Å². The number of aromatic nitrogens is 3. The van der Waals surface area contributed by atoms with Gasteiger partial charge in [-0.05, 0) is 82.4 Å². The average Bonchev–Trinajstić information content (AvgIpc) is 3.71. The van der Waals surface area contributed by atoms with E-state index in [9.17, 15) is 4.79 Å². The molecule has 0 spiro atoms. The van der Waals surface area contributed by atoms with Crippen LogP contribution in [-0.4, -0.2) is 75.6 Å². The minimum atomic E-state index is -0.0595. The molecule has 3 aliphatic rings. The second-order valence-electron chi connectivity index (χ2n) is 11.1. The Morgan fingerprint density at radius 2 is 1.81 bits per heavy atom. The zero-order chi connectivity index (χ0) is 25.6. The molecule has 0 unspecified atom stereocenters. The third-order valence-electron chi connectivity index (χ3n) is 8.45. The van der Waals surface area contributed by atoms with Crippen molar-refractivity contribution in [3.05, 3.63) is 47.8 Å². The van der Waals surface area contributed by atoms with Gasteiger partial charge in [-0.1, -0.05) is 48.4 Å². The molecule has 1 amide bonds. The minimum Gasteiger partial charge on any atom is -0.374 e. The van der Waals surface area contributed by atoms with E-state index in [4.69, 9.17) is 4.74 Å². The van der Waals surface area contributed by atoms with Crippen molar-refractivity contribution in [3.8, 4) is 11.8 Å². The van der Waals surface area contributed by atoms with Gasteiger partial charge in [0.2, 0.25) is 5.91 Å². The van der Waals surface area contributed by atoms with Crippen molar-refractivity contribution in [2.75, 3.05) is 32.7 Å². The van der Waals surface area contributed by atoms with Crippen LogP contribution in [0.1, 0.15) is 82.0 Å². The fraction of sp³-hybridized carbons (Fsp3) is 0.633. The van der Waals surface area contributed by atoms with E-state index in [-0.39, 0.29) is 30.1 Å². The first kappa shape index (κ1) is 25.9. The number of piperidine rings is 1. The Bertz CT molecular complexity index is 1080. The van der Waals surface area contributed by atoms with E-state index in [0.29, 0.717) is 5.92 Å². The first-order valence-corrected chi connectivity index (χ1v) is 14.2. The molecule has 4 atom stereocenters. The maximum absolute atomic E-state index is 12.8. The van der Waals surface area contributed by atoms with Crippen molar-refractivity contribution in [1.29, 1.82) is 0 Å². The van der Waals surface area contributed by atoms with E-state index in [0.717, 1.165) is 70.5 Å². The second-order valence-corrected chi connectivity index (χ2v) is 11.1. The highest BCUT2D eigenvalue weighted by molar-refractivity contribution is 5.79. The molecule has 2 aromatic rings. The van der Waals surface area contributed by atoms with Gasteiger partial charge in [-0.25, -0.2) is 4.68 Å². The lowest BCUT2D eigenvalue weighted by Crippen LogP contribution is -2.38. The van der Waals surface area contributed by atoms with Gasteiger partial charge in [0.25, 0.3) is 0 Å². The topological polar surface area (TPSA) is 63.5 Å². The molecule has 0 N–H and O–H groups in total. The molecule has 7 nitrogen and oxygen atoms in total. The molecular weight excluding hydrogens is 462 g/mol. The van der Waals surface area contributed by atoms with E-state index in [1.54, 1.807) is 0 Å². The quantitative estimate of drug-likeness (QED) is 0.528. The Morgan fingerprint density at radius 3 is 2.57 bits per heavy atom. The molecule has 3 fully saturated rings. The summed E-state index contributed by atoms with van der Waals surface area (Å²) in [5.41, 5.74) is 2.18. The van der Waals surface area contributed by atoms with Crippen molar-refractivity contribution in [2.24, 2.45) is 5.92 Å². The standard InChI is InChI=1S/C30H41N5O2/c1-23(21-28-12-13-29(37-28)24(2)30(36)34-17-6-7-18-34)35-22-27(31-32-35)11-8-16-33-19-14-26(15-20-33)25-9-4-3-5-10-25/h3-5,9-10,22-24,26,28-29H,6-7,12-21H2,1-2H3/t23-,24-,28+,29-/m1/s1. The molecule has 1 aromatic heterocycles. The molecule has 1 aromatic carbocycles. The number of amides is 1. The minimum absolute atomic E-state index is 0.0280. The number of hydrogen-bond acceptors (Lipinski definition) is 5. The molecule has 0 radical (unpaired) electrons.